The van der Waals surface area contributed by atoms with Gasteiger partial charge in [0, 0.05) is 39.3 Å². The summed E-state index contributed by atoms with van der Waals surface area (Å²) in [5, 5.41) is 13.2. The monoisotopic (exact) mass is 400 g/mol. The molecule has 0 bridgehead atoms. The number of hydrogen-bond acceptors (Lipinski definition) is 6. The number of hydrogen-bond donors (Lipinski definition) is 2. The van der Waals surface area contributed by atoms with Crippen LogP contribution in [0.15, 0.2) is 41.0 Å². The smallest absolute Gasteiger partial charge is 0.273 e. The van der Waals surface area contributed by atoms with Gasteiger partial charge in [0.25, 0.3) is 5.91 Å². The SMILES string of the molecule is CC(C)CNC(=O)c1coc(CN2CCN(CC(O)Cc3ccccc3)CC2)n1. The van der Waals surface area contributed by atoms with Gasteiger partial charge in [-0.25, -0.2) is 4.98 Å². The molecular weight excluding hydrogens is 368 g/mol. The number of nitrogens with one attached hydrogen (secondary N) is 1. The lowest BCUT2D eigenvalue weighted by atomic mass is 10.1. The Morgan fingerprint density at radius 3 is 2.55 bits per heavy atom. The van der Waals surface area contributed by atoms with Crippen molar-refractivity contribution in [3.63, 3.8) is 0 Å². The number of β-amino-alcohol motifs (C(OH)–C–C–N with tert-alkyl or cyclic N) is 1. The number of piperazine rings is 1. The largest absolute Gasteiger partial charge is 0.447 e. The van der Waals surface area contributed by atoms with Crippen molar-refractivity contribution in [2.75, 3.05) is 39.3 Å². The Kier molecular flexibility index (Phi) is 7.80. The highest BCUT2D eigenvalue weighted by Gasteiger charge is 2.21. The lowest BCUT2D eigenvalue weighted by molar-refractivity contribution is 0.0675. The Hall–Kier alpha value is -2.22. The summed E-state index contributed by atoms with van der Waals surface area (Å²) in [4.78, 5) is 20.9. The highest BCUT2D eigenvalue weighted by atomic mass is 16.3. The number of oxazole rings is 1. The minimum atomic E-state index is -0.359. The van der Waals surface area contributed by atoms with E-state index in [-0.39, 0.29) is 12.0 Å². The highest BCUT2D eigenvalue weighted by molar-refractivity contribution is 5.91. The van der Waals surface area contributed by atoms with E-state index in [9.17, 15) is 9.90 Å². The molecular formula is C22H32N4O3. The molecule has 1 aliphatic heterocycles. The summed E-state index contributed by atoms with van der Waals surface area (Å²) in [6.45, 7) is 9.57. The van der Waals surface area contributed by atoms with Gasteiger partial charge in [-0.15, -0.1) is 0 Å². The molecule has 1 saturated heterocycles. The first-order valence-electron chi connectivity index (χ1n) is 10.4. The van der Waals surface area contributed by atoms with Gasteiger partial charge in [0.1, 0.15) is 6.26 Å². The lowest BCUT2D eigenvalue weighted by Gasteiger charge is -2.35. The normalized spacial score (nSPS) is 16.8. The maximum Gasteiger partial charge on any atom is 0.273 e. The van der Waals surface area contributed by atoms with E-state index in [1.807, 2.05) is 18.2 Å². The molecule has 0 aliphatic carbocycles. The van der Waals surface area contributed by atoms with Crippen molar-refractivity contribution < 1.29 is 14.3 Å². The second kappa shape index (κ2) is 10.5. The molecule has 1 fully saturated rings. The third-order valence-electron chi connectivity index (χ3n) is 5.06. The summed E-state index contributed by atoms with van der Waals surface area (Å²) in [5.41, 5.74) is 1.50. The highest BCUT2D eigenvalue weighted by Crippen LogP contribution is 2.11. The van der Waals surface area contributed by atoms with E-state index in [1.54, 1.807) is 0 Å². The quantitative estimate of drug-likeness (QED) is 0.668. The van der Waals surface area contributed by atoms with E-state index in [4.69, 9.17) is 4.42 Å². The average Bonchev–Trinajstić information content (AvgIpc) is 3.17. The molecule has 2 N–H and O–H groups in total. The van der Waals surface area contributed by atoms with Gasteiger partial charge in [-0.1, -0.05) is 44.2 Å². The average molecular weight is 401 g/mol. The summed E-state index contributed by atoms with van der Waals surface area (Å²) in [7, 11) is 0. The summed E-state index contributed by atoms with van der Waals surface area (Å²) in [6.07, 6.45) is 1.75. The number of benzene rings is 1. The number of rotatable bonds is 9. The van der Waals surface area contributed by atoms with Crippen LogP contribution in [-0.2, 0) is 13.0 Å². The molecule has 2 aromatic rings. The molecule has 29 heavy (non-hydrogen) atoms. The molecule has 0 radical (unpaired) electrons. The lowest BCUT2D eigenvalue weighted by Crippen LogP contribution is -2.48. The van der Waals surface area contributed by atoms with Gasteiger partial charge in [0.15, 0.2) is 5.69 Å². The Morgan fingerprint density at radius 2 is 1.86 bits per heavy atom. The Morgan fingerprint density at radius 1 is 1.17 bits per heavy atom. The molecule has 7 nitrogen and oxygen atoms in total. The molecule has 1 aromatic heterocycles. The molecule has 7 heteroatoms. The van der Waals surface area contributed by atoms with Gasteiger partial charge in [-0.2, -0.15) is 0 Å². The van der Waals surface area contributed by atoms with Gasteiger partial charge >= 0.3 is 0 Å². The number of carbonyl (C=O) groups excluding carboxylic acids is 1. The van der Waals surface area contributed by atoms with E-state index >= 15 is 0 Å². The molecule has 3 rings (SSSR count). The van der Waals surface area contributed by atoms with Crippen LogP contribution in [-0.4, -0.2) is 71.2 Å². The van der Waals surface area contributed by atoms with E-state index in [1.165, 1.54) is 6.26 Å². The van der Waals surface area contributed by atoms with E-state index < -0.39 is 0 Å². The van der Waals surface area contributed by atoms with Crippen molar-refractivity contribution in [1.82, 2.24) is 20.1 Å². The van der Waals surface area contributed by atoms with Crippen LogP contribution in [0.2, 0.25) is 0 Å². The van der Waals surface area contributed by atoms with Gasteiger partial charge in [0.2, 0.25) is 5.89 Å². The maximum atomic E-state index is 12.1. The zero-order chi connectivity index (χ0) is 20.6. The van der Waals surface area contributed by atoms with Gasteiger partial charge in [0.05, 0.1) is 12.6 Å². The Balaban J connectivity index is 1.39. The molecule has 1 unspecified atom stereocenters. The Bertz CT molecular complexity index is 754. The van der Waals surface area contributed by atoms with E-state index in [0.717, 1.165) is 31.7 Å². The van der Waals surface area contributed by atoms with Gasteiger partial charge in [-0.05, 0) is 17.9 Å². The van der Waals surface area contributed by atoms with Crippen LogP contribution in [0, 0.1) is 5.92 Å². The molecule has 0 spiro atoms. The van der Waals surface area contributed by atoms with Gasteiger partial charge in [-0.3, -0.25) is 14.6 Å². The van der Waals surface area contributed by atoms with E-state index in [0.29, 0.717) is 43.6 Å². The fourth-order valence-corrected chi connectivity index (χ4v) is 3.45. The third kappa shape index (κ3) is 6.96. The predicted octanol–water partition coefficient (Wildman–Crippen LogP) is 1.78. The van der Waals surface area contributed by atoms with Crippen LogP contribution in [0.3, 0.4) is 0 Å². The summed E-state index contributed by atoms with van der Waals surface area (Å²) >= 11 is 0. The first kappa shape index (κ1) is 21.5. The fraction of sp³-hybridized carbons (Fsp3) is 0.545. The predicted molar refractivity (Wildman–Crippen MR) is 112 cm³/mol. The first-order chi connectivity index (χ1) is 14.0. The maximum absolute atomic E-state index is 12.1. The van der Waals surface area contributed by atoms with Crippen molar-refractivity contribution in [3.05, 3.63) is 53.7 Å². The molecule has 2 heterocycles. The van der Waals surface area contributed by atoms with Crippen LogP contribution < -0.4 is 5.32 Å². The third-order valence-corrected chi connectivity index (χ3v) is 5.06. The van der Waals surface area contributed by atoms with Crippen LogP contribution in [0.25, 0.3) is 0 Å². The van der Waals surface area contributed by atoms with Crippen molar-refractivity contribution in [2.24, 2.45) is 5.92 Å². The first-order valence-corrected chi connectivity index (χ1v) is 10.4. The van der Waals surface area contributed by atoms with Crippen LogP contribution in [0.4, 0.5) is 0 Å². The minimum absolute atomic E-state index is 0.189. The zero-order valence-corrected chi connectivity index (χ0v) is 17.4. The standard InChI is InChI=1S/C22H32N4O3/c1-17(2)13-23-22(28)20-16-29-21(24-20)15-26-10-8-25(9-11-26)14-19(27)12-18-6-4-3-5-7-18/h3-7,16-17,19,27H,8-15H2,1-2H3,(H,23,28). The van der Waals surface area contributed by atoms with Crippen molar-refractivity contribution in [2.45, 2.75) is 32.9 Å². The number of amides is 1. The van der Waals surface area contributed by atoms with Crippen LogP contribution in [0.1, 0.15) is 35.8 Å². The number of aliphatic hydroxyl groups excluding tert-OH is 1. The summed E-state index contributed by atoms with van der Waals surface area (Å²) in [5.74, 6) is 0.774. The zero-order valence-electron chi connectivity index (χ0n) is 17.4. The number of nitrogens with zero attached hydrogens (tertiary/aromatic N) is 3. The van der Waals surface area contributed by atoms with Crippen LogP contribution >= 0.6 is 0 Å². The summed E-state index contributed by atoms with van der Waals surface area (Å²) < 4.78 is 5.49. The number of aliphatic hydroxyl groups is 1. The van der Waals surface area contributed by atoms with Crippen molar-refractivity contribution in [3.8, 4) is 0 Å². The summed E-state index contributed by atoms with van der Waals surface area (Å²) in [6, 6.07) is 10.1. The topological polar surface area (TPSA) is 81.8 Å². The molecule has 1 amide bonds. The minimum Gasteiger partial charge on any atom is -0.447 e. The molecule has 158 valence electrons. The molecule has 1 aliphatic rings. The molecule has 1 aromatic carbocycles. The molecule has 1 atom stereocenters. The second-order valence-corrected chi connectivity index (χ2v) is 8.15. The molecule has 0 saturated carbocycles. The number of aromatic nitrogens is 1. The van der Waals surface area contributed by atoms with E-state index in [2.05, 4.69) is 46.1 Å². The second-order valence-electron chi connectivity index (χ2n) is 8.15. The number of carbonyl (C=O) groups is 1. The fourth-order valence-electron chi connectivity index (χ4n) is 3.45. The van der Waals surface area contributed by atoms with Crippen molar-refractivity contribution in [1.29, 1.82) is 0 Å². The Labute approximate surface area is 172 Å². The van der Waals surface area contributed by atoms with Crippen LogP contribution in [0.5, 0.6) is 0 Å². The van der Waals surface area contributed by atoms with Gasteiger partial charge < -0.3 is 14.8 Å². The van der Waals surface area contributed by atoms with Crippen molar-refractivity contribution >= 4 is 5.91 Å².